The van der Waals surface area contributed by atoms with Gasteiger partial charge in [0, 0.05) is 12.0 Å². The van der Waals surface area contributed by atoms with E-state index >= 15 is 0 Å². The van der Waals surface area contributed by atoms with Crippen LogP contribution in [0.4, 0.5) is 0 Å². The highest BCUT2D eigenvalue weighted by Crippen LogP contribution is 2.43. The normalized spacial score (nSPS) is 18.2. The maximum absolute atomic E-state index is 13.2. The molecule has 0 unspecified atom stereocenters. The van der Waals surface area contributed by atoms with Gasteiger partial charge in [0.1, 0.15) is 17.1 Å². The fraction of sp³-hybridized carbons (Fsp3) is 0.455. The van der Waals surface area contributed by atoms with Gasteiger partial charge in [-0.2, -0.15) is 0 Å². The van der Waals surface area contributed by atoms with Crippen LogP contribution in [0.2, 0.25) is 0 Å². The summed E-state index contributed by atoms with van der Waals surface area (Å²) in [4.78, 5) is 0.257. The average molecular weight is 404 g/mol. The van der Waals surface area contributed by atoms with Crippen molar-refractivity contribution in [3.05, 3.63) is 53.6 Å². The summed E-state index contributed by atoms with van der Waals surface area (Å²) in [6.45, 7) is 6.15. The van der Waals surface area contributed by atoms with Crippen molar-refractivity contribution in [1.29, 1.82) is 0 Å². The van der Waals surface area contributed by atoms with E-state index in [0.29, 0.717) is 18.6 Å². The quantitative estimate of drug-likeness (QED) is 0.733. The third-order valence-electron chi connectivity index (χ3n) is 5.73. The summed E-state index contributed by atoms with van der Waals surface area (Å²) in [5, 5.41) is 0. The Labute approximate surface area is 168 Å². The number of hydrogen-bond acceptors (Lipinski definition) is 4. The van der Waals surface area contributed by atoms with Crippen LogP contribution in [0, 0.1) is 0 Å². The number of methoxy groups -OCH3 is 1. The molecule has 2 aromatic carbocycles. The molecule has 0 amide bonds. The number of benzene rings is 2. The number of nitrogens with one attached hydrogen (secondary N) is 1. The molecular weight excluding hydrogens is 374 g/mol. The Kier molecular flexibility index (Phi) is 6.01. The molecule has 1 N–H and O–H groups in total. The molecule has 28 heavy (non-hydrogen) atoms. The van der Waals surface area contributed by atoms with Crippen LogP contribution in [0.25, 0.3) is 0 Å². The van der Waals surface area contributed by atoms with Crippen LogP contribution in [0.15, 0.2) is 47.4 Å². The molecule has 1 heterocycles. The molecule has 0 saturated heterocycles. The lowest BCUT2D eigenvalue weighted by molar-refractivity contribution is 0.0260. The van der Waals surface area contributed by atoms with Crippen LogP contribution in [-0.4, -0.2) is 21.1 Å². The largest absolute Gasteiger partial charge is 0.496 e. The first-order valence-corrected chi connectivity index (χ1v) is 11.3. The summed E-state index contributed by atoms with van der Waals surface area (Å²) < 4.78 is 40.9. The van der Waals surface area contributed by atoms with Crippen LogP contribution in [0.5, 0.6) is 11.5 Å². The third kappa shape index (κ3) is 3.89. The molecule has 0 aromatic heterocycles. The summed E-state index contributed by atoms with van der Waals surface area (Å²) in [5.41, 5.74) is 1.39. The average Bonchev–Trinajstić information content (AvgIpc) is 2.72. The fourth-order valence-electron chi connectivity index (χ4n) is 3.86. The van der Waals surface area contributed by atoms with E-state index in [9.17, 15) is 8.42 Å². The van der Waals surface area contributed by atoms with Gasteiger partial charge in [-0.15, -0.1) is 0 Å². The molecule has 3 rings (SSSR count). The number of sulfonamides is 1. The highest BCUT2D eigenvalue weighted by Gasteiger charge is 2.40. The summed E-state index contributed by atoms with van der Waals surface area (Å²) >= 11 is 0. The van der Waals surface area contributed by atoms with E-state index in [4.69, 9.17) is 9.47 Å². The minimum absolute atomic E-state index is 0.257. The van der Waals surface area contributed by atoms with Crippen molar-refractivity contribution in [3.63, 3.8) is 0 Å². The predicted octanol–water partition coefficient (Wildman–Crippen LogP) is 4.62. The molecule has 1 atom stereocenters. The van der Waals surface area contributed by atoms with Crippen LogP contribution in [0.3, 0.4) is 0 Å². The SMILES string of the molecule is CCc1cc(S(=O)(=O)N[C@@H]2CC(CC)(CC)Oc3ccccc32)ccc1OC. The van der Waals surface area contributed by atoms with E-state index in [1.54, 1.807) is 25.3 Å². The van der Waals surface area contributed by atoms with Gasteiger partial charge in [-0.05, 0) is 49.1 Å². The van der Waals surface area contributed by atoms with Crippen molar-refractivity contribution in [3.8, 4) is 11.5 Å². The van der Waals surface area contributed by atoms with Crippen molar-refractivity contribution < 1.29 is 17.9 Å². The molecule has 0 radical (unpaired) electrons. The maximum atomic E-state index is 13.2. The second kappa shape index (κ2) is 8.13. The van der Waals surface area contributed by atoms with Crippen LogP contribution < -0.4 is 14.2 Å². The molecule has 152 valence electrons. The Morgan fingerprint density at radius 2 is 1.86 bits per heavy atom. The summed E-state index contributed by atoms with van der Waals surface area (Å²) in [6, 6.07) is 12.4. The van der Waals surface area contributed by atoms with E-state index in [-0.39, 0.29) is 16.5 Å². The maximum Gasteiger partial charge on any atom is 0.241 e. The zero-order valence-corrected chi connectivity index (χ0v) is 17.8. The summed E-state index contributed by atoms with van der Waals surface area (Å²) in [5.74, 6) is 1.46. The van der Waals surface area contributed by atoms with Gasteiger partial charge in [0.05, 0.1) is 18.0 Å². The first-order chi connectivity index (χ1) is 13.4. The summed E-state index contributed by atoms with van der Waals surface area (Å²) in [7, 11) is -2.10. The Balaban J connectivity index is 1.97. The number of rotatable bonds is 7. The number of para-hydroxylation sites is 1. The third-order valence-corrected chi connectivity index (χ3v) is 7.20. The monoisotopic (exact) mass is 403 g/mol. The molecule has 5 nitrogen and oxygen atoms in total. The van der Waals surface area contributed by atoms with E-state index in [2.05, 4.69) is 18.6 Å². The highest BCUT2D eigenvalue weighted by molar-refractivity contribution is 7.89. The summed E-state index contributed by atoms with van der Waals surface area (Å²) in [6.07, 6.45) is 2.94. The van der Waals surface area contributed by atoms with Gasteiger partial charge in [0.2, 0.25) is 10.0 Å². The predicted molar refractivity (Wildman–Crippen MR) is 110 cm³/mol. The number of aryl methyl sites for hydroxylation is 1. The number of fused-ring (bicyclic) bond motifs is 1. The molecule has 1 aliphatic rings. The standard InChI is InChI=1S/C22H29NO4S/c1-5-16-14-17(12-13-20(16)26-4)28(24,25)23-19-15-22(6-2,7-3)27-21-11-9-8-10-18(19)21/h8-14,19,23H,5-7,15H2,1-4H3/t19-/m1/s1. The van der Waals surface area contributed by atoms with Crippen LogP contribution in [0.1, 0.15) is 57.2 Å². The van der Waals surface area contributed by atoms with Crippen molar-refractivity contribution in [1.82, 2.24) is 4.72 Å². The van der Waals surface area contributed by atoms with Gasteiger partial charge in [0.25, 0.3) is 0 Å². The van der Waals surface area contributed by atoms with Gasteiger partial charge in [-0.3, -0.25) is 0 Å². The lowest BCUT2D eigenvalue weighted by atomic mass is 9.84. The molecule has 0 spiro atoms. The molecule has 0 bridgehead atoms. The first-order valence-electron chi connectivity index (χ1n) is 9.85. The van der Waals surface area contributed by atoms with Gasteiger partial charge < -0.3 is 9.47 Å². The Morgan fingerprint density at radius 1 is 1.14 bits per heavy atom. The van der Waals surface area contributed by atoms with Crippen LogP contribution >= 0.6 is 0 Å². The molecule has 2 aromatic rings. The van der Waals surface area contributed by atoms with E-state index in [1.165, 1.54) is 0 Å². The van der Waals surface area contributed by atoms with Gasteiger partial charge in [-0.25, -0.2) is 13.1 Å². The van der Waals surface area contributed by atoms with Gasteiger partial charge in [0.15, 0.2) is 0 Å². The first kappa shape index (κ1) is 20.7. The Bertz CT molecular complexity index is 935. The molecule has 0 saturated carbocycles. The van der Waals surface area contributed by atoms with E-state index in [0.717, 1.165) is 29.7 Å². The van der Waals surface area contributed by atoms with Crippen molar-refractivity contribution in [2.75, 3.05) is 7.11 Å². The van der Waals surface area contributed by atoms with Crippen molar-refractivity contribution >= 4 is 10.0 Å². The Morgan fingerprint density at radius 3 is 2.50 bits per heavy atom. The highest BCUT2D eigenvalue weighted by atomic mass is 32.2. The zero-order chi connectivity index (χ0) is 20.4. The van der Waals surface area contributed by atoms with Crippen molar-refractivity contribution in [2.45, 2.75) is 63.0 Å². The smallest absolute Gasteiger partial charge is 0.241 e. The lowest BCUT2D eigenvalue weighted by Crippen LogP contribution is -2.44. The van der Waals surface area contributed by atoms with Gasteiger partial charge in [-0.1, -0.05) is 39.0 Å². The van der Waals surface area contributed by atoms with E-state index < -0.39 is 10.0 Å². The van der Waals surface area contributed by atoms with Crippen molar-refractivity contribution in [2.24, 2.45) is 0 Å². The minimum atomic E-state index is -3.69. The molecular formula is C22H29NO4S. The minimum Gasteiger partial charge on any atom is -0.496 e. The molecule has 1 aliphatic heterocycles. The lowest BCUT2D eigenvalue weighted by Gasteiger charge is -2.41. The number of ether oxygens (including phenoxy) is 2. The number of hydrogen-bond donors (Lipinski definition) is 1. The molecule has 0 fully saturated rings. The van der Waals surface area contributed by atoms with E-state index in [1.807, 2.05) is 31.2 Å². The fourth-order valence-corrected chi connectivity index (χ4v) is 5.13. The Hall–Kier alpha value is -2.05. The topological polar surface area (TPSA) is 64.6 Å². The molecule has 0 aliphatic carbocycles. The zero-order valence-electron chi connectivity index (χ0n) is 17.0. The second-order valence-electron chi connectivity index (χ2n) is 7.24. The van der Waals surface area contributed by atoms with Crippen LogP contribution in [-0.2, 0) is 16.4 Å². The second-order valence-corrected chi connectivity index (χ2v) is 8.95. The molecule has 6 heteroatoms. The van der Waals surface area contributed by atoms with Gasteiger partial charge >= 0.3 is 0 Å².